The van der Waals surface area contributed by atoms with Gasteiger partial charge in [-0.2, -0.15) is 5.26 Å². The summed E-state index contributed by atoms with van der Waals surface area (Å²) in [5, 5.41) is 20.6. The molecule has 6 heteroatoms. The van der Waals surface area contributed by atoms with Crippen LogP contribution in [0.25, 0.3) is 0 Å². The number of pyridine rings is 1. The Morgan fingerprint density at radius 2 is 2.47 bits per heavy atom. The molecule has 2 N–H and O–H groups in total. The Morgan fingerprint density at radius 3 is 3.00 bits per heavy atom. The highest BCUT2D eigenvalue weighted by Crippen LogP contribution is 2.23. The standard InChI is InChI=1S/C11H12ClN3O2/c1-2-3-8(11(16)17)15-10-9(12)7(6-13)4-5-14-10/h4-5,8H,2-3H2,1H3,(H,14,15)(H,16,17). The number of hydrogen-bond acceptors (Lipinski definition) is 4. The molecule has 0 bridgehead atoms. The van der Waals surface area contributed by atoms with Gasteiger partial charge in [0, 0.05) is 6.20 Å². The van der Waals surface area contributed by atoms with Gasteiger partial charge in [-0.25, -0.2) is 9.78 Å². The molecule has 17 heavy (non-hydrogen) atoms. The summed E-state index contributed by atoms with van der Waals surface area (Å²) < 4.78 is 0. The molecule has 1 atom stereocenters. The van der Waals surface area contributed by atoms with Crippen molar-refractivity contribution in [2.24, 2.45) is 0 Å². The van der Waals surface area contributed by atoms with Gasteiger partial charge in [0.05, 0.1) is 5.56 Å². The molecule has 1 aromatic heterocycles. The van der Waals surface area contributed by atoms with E-state index in [1.165, 1.54) is 12.3 Å². The van der Waals surface area contributed by atoms with Crippen LogP contribution >= 0.6 is 11.6 Å². The summed E-state index contributed by atoms with van der Waals surface area (Å²) in [6, 6.07) is 2.64. The lowest BCUT2D eigenvalue weighted by molar-refractivity contribution is -0.138. The number of anilines is 1. The minimum Gasteiger partial charge on any atom is -0.480 e. The van der Waals surface area contributed by atoms with Gasteiger partial charge in [0.2, 0.25) is 0 Å². The zero-order valence-electron chi connectivity index (χ0n) is 9.27. The van der Waals surface area contributed by atoms with Crippen LogP contribution in [0, 0.1) is 11.3 Å². The van der Waals surface area contributed by atoms with Crippen LogP contribution in [-0.2, 0) is 4.79 Å². The van der Waals surface area contributed by atoms with Gasteiger partial charge in [-0.3, -0.25) is 0 Å². The summed E-state index contributed by atoms with van der Waals surface area (Å²) in [4.78, 5) is 14.9. The average Bonchev–Trinajstić information content (AvgIpc) is 2.30. The van der Waals surface area contributed by atoms with Crippen molar-refractivity contribution in [1.82, 2.24) is 4.98 Å². The lowest BCUT2D eigenvalue weighted by Crippen LogP contribution is -2.29. The number of nitrogens with zero attached hydrogens (tertiary/aromatic N) is 2. The molecule has 0 saturated heterocycles. The highest BCUT2D eigenvalue weighted by molar-refractivity contribution is 6.34. The quantitative estimate of drug-likeness (QED) is 0.841. The number of carboxylic acids is 1. The molecule has 0 fully saturated rings. The molecule has 0 spiro atoms. The third kappa shape index (κ3) is 3.33. The van der Waals surface area contributed by atoms with Gasteiger partial charge in [0.25, 0.3) is 0 Å². The highest BCUT2D eigenvalue weighted by atomic mass is 35.5. The number of nitrogens with one attached hydrogen (secondary N) is 1. The van der Waals surface area contributed by atoms with E-state index in [-0.39, 0.29) is 16.4 Å². The van der Waals surface area contributed by atoms with Crippen LogP contribution in [0.3, 0.4) is 0 Å². The Balaban J connectivity index is 2.94. The SMILES string of the molecule is CCCC(Nc1nccc(C#N)c1Cl)C(=O)O. The van der Waals surface area contributed by atoms with Gasteiger partial charge in [0.15, 0.2) is 0 Å². The van der Waals surface area contributed by atoms with Crippen LogP contribution in [0.5, 0.6) is 0 Å². The summed E-state index contributed by atoms with van der Waals surface area (Å²) in [6.07, 6.45) is 2.60. The zero-order valence-corrected chi connectivity index (χ0v) is 10.0. The molecule has 0 radical (unpaired) electrons. The zero-order chi connectivity index (χ0) is 12.8. The van der Waals surface area contributed by atoms with Crippen LogP contribution in [-0.4, -0.2) is 22.1 Å². The highest BCUT2D eigenvalue weighted by Gasteiger charge is 2.18. The molecule has 0 aliphatic carbocycles. The fraction of sp³-hybridized carbons (Fsp3) is 0.364. The minimum absolute atomic E-state index is 0.150. The van der Waals surface area contributed by atoms with Crippen LogP contribution in [0.4, 0.5) is 5.82 Å². The van der Waals surface area contributed by atoms with Crippen molar-refractivity contribution >= 4 is 23.4 Å². The molecule has 0 aliphatic heterocycles. The fourth-order valence-corrected chi connectivity index (χ4v) is 1.55. The number of aliphatic carboxylic acids is 1. The second kappa shape index (κ2) is 6.06. The monoisotopic (exact) mass is 253 g/mol. The average molecular weight is 254 g/mol. The first kappa shape index (κ1) is 13.3. The third-order valence-corrected chi connectivity index (χ3v) is 2.58. The smallest absolute Gasteiger partial charge is 0.326 e. The van der Waals surface area contributed by atoms with Crippen LogP contribution < -0.4 is 5.32 Å². The van der Waals surface area contributed by atoms with Gasteiger partial charge in [-0.05, 0) is 12.5 Å². The Labute approximate surface area is 104 Å². The first-order chi connectivity index (χ1) is 8.10. The largest absolute Gasteiger partial charge is 0.480 e. The molecule has 0 aliphatic rings. The second-order valence-electron chi connectivity index (χ2n) is 3.46. The van der Waals surface area contributed by atoms with Crippen LogP contribution in [0.1, 0.15) is 25.3 Å². The Kier molecular flexibility index (Phi) is 4.73. The van der Waals surface area contributed by atoms with E-state index in [9.17, 15) is 4.79 Å². The molecule has 0 amide bonds. The molecular formula is C11H12ClN3O2. The molecule has 5 nitrogen and oxygen atoms in total. The Hall–Kier alpha value is -1.80. The van der Waals surface area contributed by atoms with Crippen molar-refractivity contribution in [3.05, 3.63) is 22.8 Å². The number of halogens is 1. The van der Waals surface area contributed by atoms with Crippen molar-refractivity contribution in [3.63, 3.8) is 0 Å². The molecule has 1 heterocycles. The minimum atomic E-state index is -0.966. The lowest BCUT2D eigenvalue weighted by atomic mass is 10.1. The number of carboxylic acid groups (broad SMARTS) is 1. The van der Waals surface area contributed by atoms with E-state index in [0.29, 0.717) is 6.42 Å². The van der Waals surface area contributed by atoms with Crippen molar-refractivity contribution < 1.29 is 9.90 Å². The number of nitriles is 1. The number of hydrogen-bond donors (Lipinski definition) is 2. The predicted octanol–water partition coefficient (Wildman–Crippen LogP) is 2.27. The van der Waals surface area contributed by atoms with E-state index in [4.69, 9.17) is 22.0 Å². The number of carbonyl (C=O) groups is 1. The van der Waals surface area contributed by atoms with Crippen LogP contribution in [0.15, 0.2) is 12.3 Å². The Morgan fingerprint density at radius 1 is 1.76 bits per heavy atom. The van der Waals surface area contributed by atoms with Gasteiger partial charge in [-0.15, -0.1) is 0 Å². The van der Waals surface area contributed by atoms with Crippen molar-refractivity contribution in [2.75, 3.05) is 5.32 Å². The van der Waals surface area contributed by atoms with E-state index in [1.807, 2.05) is 13.0 Å². The Bertz CT molecular complexity index is 457. The summed E-state index contributed by atoms with van der Waals surface area (Å²) in [6.45, 7) is 1.89. The normalized spacial score (nSPS) is 11.6. The summed E-state index contributed by atoms with van der Waals surface area (Å²) in [5.41, 5.74) is 0.268. The van der Waals surface area contributed by atoms with Gasteiger partial charge < -0.3 is 10.4 Å². The predicted molar refractivity (Wildman–Crippen MR) is 63.9 cm³/mol. The van der Waals surface area contributed by atoms with E-state index in [2.05, 4.69) is 10.3 Å². The second-order valence-corrected chi connectivity index (χ2v) is 3.83. The van der Waals surface area contributed by atoms with Crippen molar-refractivity contribution in [3.8, 4) is 6.07 Å². The molecule has 1 rings (SSSR count). The van der Waals surface area contributed by atoms with E-state index >= 15 is 0 Å². The van der Waals surface area contributed by atoms with Gasteiger partial charge >= 0.3 is 5.97 Å². The number of rotatable bonds is 5. The summed E-state index contributed by atoms with van der Waals surface area (Å²) in [5.74, 6) is -0.737. The first-order valence-electron chi connectivity index (χ1n) is 5.14. The maximum absolute atomic E-state index is 11.0. The lowest BCUT2D eigenvalue weighted by Gasteiger charge is -2.15. The molecule has 0 aromatic carbocycles. The maximum atomic E-state index is 11.0. The fourth-order valence-electron chi connectivity index (χ4n) is 1.34. The van der Waals surface area contributed by atoms with E-state index < -0.39 is 12.0 Å². The van der Waals surface area contributed by atoms with Gasteiger partial charge in [-0.1, -0.05) is 24.9 Å². The summed E-state index contributed by atoms with van der Waals surface area (Å²) in [7, 11) is 0. The topological polar surface area (TPSA) is 86.0 Å². The van der Waals surface area contributed by atoms with Crippen molar-refractivity contribution in [1.29, 1.82) is 5.26 Å². The van der Waals surface area contributed by atoms with E-state index in [0.717, 1.165) is 6.42 Å². The van der Waals surface area contributed by atoms with Crippen LogP contribution in [0.2, 0.25) is 5.02 Å². The summed E-state index contributed by atoms with van der Waals surface area (Å²) >= 11 is 5.92. The molecule has 1 unspecified atom stereocenters. The molecular weight excluding hydrogens is 242 g/mol. The first-order valence-corrected chi connectivity index (χ1v) is 5.51. The van der Waals surface area contributed by atoms with Crippen molar-refractivity contribution in [2.45, 2.75) is 25.8 Å². The maximum Gasteiger partial charge on any atom is 0.326 e. The molecule has 90 valence electrons. The third-order valence-electron chi connectivity index (χ3n) is 2.20. The molecule has 1 aromatic rings. The molecule has 0 saturated carbocycles. The van der Waals surface area contributed by atoms with Gasteiger partial charge in [0.1, 0.15) is 23.0 Å². The number of aromatic nitrogens is 1. The van der Waals surface area contributed by atoms with E-state index in [1.54, 1.807) is 0 Å².